The van der Waals surface area contributed by atoms with E-state index < -0.39 is 0 Å². The van der Waals surface area contributed by atoms with Gasteiger partial charge in [-0.25, -0.2) is 0 Å². The molecule has 20 heavy (non-hydrogen) atoms. The lowest BCUT2D eigenvalue weighted by Gasteiger charge is -2.21. The summed E-state index contributed by atoms with van der Waals surface area (Å²) in [6, 6.07) is 14.5. The van der Waals surface area contributed by atoms with E-state index in [0.717, 1.165) is 30.5 Å². The third-order valence-corrected chi connectivity index (χ3v) is 4.00. The average molecular weight is 268 g/mol. The van der Waals surface area contributed by atoms with E-state index in [-0.39, 0.29) is 5.91 Å². The van der Waals surface area contributed by atoms with E-state index in [1.807, 2.05) is 48.3 Å². The number of benzene rings is 2. The number of nitrogens with zero attached hydrogens (tertiary/aromatic N) is 1. The number of amides is 1. The second-order valence-electron chi connectivity index (χ2n) is 5.54. The molecule has 2 aromatic carbocycles. The highest BCUT2D eigenvalue weighted by molar-refractivity contribution is 5.98. The van der Waals surface area contributed by atoms with Crippen molar-refractivity contribution >= 4 is 16.7 Å². The lowest BCUT2D eigenvalue weighted by Crippen LogP contribution is -2.38. The molecule has 1 fully saturated rings. The first kappa shape index (κ1) is 13.1. The van der Waals surface area contributed by atoms with Crippen LogP contribution in [0.5, 0.6) is 0 Å². The lowest BCUT2D eigenvalue weighted by molar-refractivity contribution is 0.0784. The van der Waals surface area contributed by atoms with Gasteiger partial charge in [-0.05, 0) is 42.3 Å². The van der Waals surface area contributed by atoms with Gasteiger partial charge in [0, 0.05) is 25.2 Å². The van der Waals surface area contributed by atoms with Crippen LogP contribution < -0.4 is 5.32 Å². The van der Waals surface area contributed by atoms with Gasteiger partial charge in [-0.1, -0.05) is 30.3 Å². The van der Waals surface area contributed by atoms with Crippen molar-refractivity contribution in [3.8, 4) is 0 Å². The van der Waals surface area contributed by atoms with Gasteiger partial charge in [0.2, 0.25) is 0 Å². The van der Waals surface area contributed by atoms with Crippen LogP contribution in [0.3, 0.4) is 0 Å². The van der Waals surface area contributed by atoms with Crippen molar-refractivity contribution in [1.29, 1.82) is 0 Å². The van der Waals surface area contributed by atoms with Gasteiger partial charge in [-0.3, -0.25) is 4.79 Å². The van der Waals surface area contributed by atoms with Crippen molar-refractivity contribution in [2.24, 2.45) is 0 Å². The maximum absolute atomic E-state index is 12.5. The molecule has 1 aliphatic rings. The first-order chi connectivity index (χ1) is 9.74. The molecule has 1 atom stereocenters. The Hall–Kier alpha value is -1.87. The molecule has 1 heterocycles. The molecular formula is C17H20N2O. The van der Waals surface area contributed by atoms with Crippen molar-refractivity contribution in [2.45, 2.75) is 18.9 Å². The zero-order valence-corrected chi connectivity index (χ0v) is 11.8. The van der Waals surface area contributed by atoms with Crippen LogP contribution in [0.4, 0.5) is 0 Å². The second-order valence-corrected chi connectivity index (χ2v) is 5.54. The number of hydrogen-bond acceptors (Lipinski definition) is 2. The molecule has 2 aromatic rings. The highest BCUT2D eigenvalue weighted by Gasteiger charge is 2.19. The van der Waals surface area contributed by atoms with Crippen LogP contribution >= 0.6 is 0 Å². The SMILES string of the molecule is CN(CC1CCCN1)C(=O)c1ccc2ccccc2c1. The molecule has 1 N–H and O–H groups in total. The van der Waals surface area contributed by atoms with Crippen molar-refractivity contribution in [3.05, 3.63) is 48.0 Å². The topological polar surface area (TPSA) is 32.3 Å². The van der Waals surface area contributed by atoms with Crippen LogP contribution in [0, 0.1) is 0 Å². The maximum atomic E-state index is 12.5. The summed E-state index contributed by atoms with van der Waals surface area (Å²) in [4.78, 5) is 14.3. The molecule has 0 aliphatic carbocycles. The summed E-state index contributed by atoms with van der Waals surface area (Å²) in [6.07, 6.45) is 2.37. The van der Waals surface area contributed by atoms with Crippen molar-refractivity contribution in [3.63, 3.8) is 0 Å². The molecule has 0 saturated carbocycles. The normalized spacial score (nSPS) is 18.4. The smallest absolute Gasteiger partial charge is 0.253 e. The molecular weight excluding hydrogens is 248 g/mol. The van der Waals surface area contributed by atoms with Crippen molar-refractivity contribution in [1.82, 2.24) is 10.2 Å². The van der Waals surface area contributed by atoms with Crippen molar-refractivity contribution < 1.29 is 4.79 Å². The lowest BCUT2D eigenvalue weighted by atomic mass is 10.1. The average Bonchev–Trinajstić information content (AvgIpc) is 2.99. The minimum absolute atomic E-state index is 0.101. The van der Waals surface area contributed by atoms with Gasteiger partial charge < -0.3 is 10.2 Å². The first-order valence-electron chi connectivity index (χ1n) is 7.22. The molecule has 0 bridgehead atoms. The standard InChI is InChI=1S/C17H20N2O/c1-19(12-16-7-4-10-18-16)17(20)15-9-8-13-5-2-3-6-14(13)11-15/h2-3,5-6,8-9,11,16,18H,4,7,10,12H2,1H3. The van der Waals surface area contributed by atoms with Gasteiger partial charge in [-0.15, -0.1) is 0 Å². The third kappa shape index (κ3) is 2.68. The monoisotopic (exact) mass is 268 g/mol. The van der Waals surface area contributed by atoms with Gasteiger partial charge in [0.05, 0.1) is 0 Å². The fourth-order valence-corrected chi connectivity index (χ4v) is 2.87. The Morgan fingerprint density at radius 1 is 1.25 bits per heavy atom. The van der Waals surface area contributed by atoms with Crippen LogP contribution in [0.1, 0.15) is 23.2 Å². The van der Waals surface area contributed by atoms with E-state index in [0.29, 0.717) is 6.04 Å². The molecule has 0 spiro atoms. The van der Waals surface area contributed by atoms with Crippen LogP contribution in [-0.2, 0) is 0 Å². The summed E-state index contributed by atoms with van der Waals surface area (Å²) in [7, 11) is 1.89. The molecule has 3 nitrogen and oxygen atoms in total. The molecule has 0 radical (unpaired) electrons. The van der Waals surface area contributed by atoms with E-state index in [1.54, 1.807) is 0 Å². The molecule has 0 aromatic heterocycles. The predicted molar refractivity (Wildman–Crippen MR) is 81.9 cm³/mol. The van der Waals surface area contributed by atoms with Gasteiger partial charge in [-0.2, -0.15) is 0 Å². The minimum atomic E-state index is 0.101. The Kier molecular flexibility index (Phi) is 3.70. The fourth-order valence-electron chi connectivity index (χ4n) is 2.87. The summed E-state index contributed by atoms with van der Waals surface area (Å²) >= 11 is 0. The number of rotatable bonds is 3. The molecule has 1 saturated heterocycles. The van der Waals surface area contributed by atoms with Crippen LogP contribution in [0.15, 0.2) is 42.5 Å². The molecule has 3 rings (SSSR count). The predicted octanol–water partition coefficient (Wildman–Crippen LogP) is 2.66. The largest absolute Gasteiger partial charge is 0.340 e. The van der Waals surface area contributed by atoms with Crippen LogP contribution in [-0.4, -0.2) is 37.0 Å². The quantitative estimate of drug-likeness (QED) is 0.928. The summed E-state index contributed by atoms with van der Waals surface area (Å²) < 4.78 is 0. The van der Waals surface area contributed by atoms with E-state index in [1.165, 1.54) is 11.8 Å². The highest BCUT2D eigenvalue weighted by atomic mass is 16.2. The fraction of sp³-hybridized carbons (Fsp3) is 0.353. The first-order valence-corrected chi connectivity index (χ1v) is 7.22. The Morgan fingerprint density at radius 3 is 2.80 bits per heavy atom. The van der Waals surface area contributed by atoms with Gasteiger partial charge in [0.1, 0.15) is 0 Å². The molecule has 1 unspecified atom stereocenters. The Morgan fingerprint density at radius 2 is 2.05 bits per heavy atom. The zero-order valence-electron chi connectivity index (χ0n) is 11.8. The maximum Gasteiger partial charge on any atom is 0.253 e. The molecule has 1 amide bonds. The summed E-state index contributed by atoms with van der Waals surface area (Å²) in [5, 5.41) is 5.72. The van der Waals surface area contributed by atoms with Gasteiger partial charge in [0.25, 0.3) is 5.91 Å². The van der Waals surface area contributed by atoms with Crippen LogP contribution in [0.2, 0.25) is 0 Å². The highest BCUT2D eigenvalue weighted by Crippen LogP contribution is 2.17. The Balaban J connectivity index is 1.77. The molecule has 104 valence electrons. The number of hydrogen-bond donors (Lipinski definition) is 1. The Bertz CT molecular complexity index is 617. The summed E-state index contributed by atoms with van der Waals surface area (Å²) in [6.45, 7) is 1.86. The van der Waals surface area contributed by atoms with Crippen molar-refractivity contribution in [2.75, 3.05) is 20.1 Å². The van der Waals surface area contributed by atoms with Crippen LogP contribution in [0.25, 0.3) is 10.8 Å². The number of nitrogens with one attached hydrogen (secondary N) is 1. The van der Waals surface area contributed by atoms with Gasteiger partial charge in [0.15, 0.2) is 0 Å². The Labute approximate surface area is 119 Å². The van der Waals surface area contributed by atoms with E-state index >= 15 is 0 Å². The second kappa shape index (κ2) is 5.63. The molecule has 1 aliphatic heterocycles. The zero-order chi connectivity index (χ0) is 13.9. The summed E-state index contributed by atoms with van der Waals surface area (Å²) in [5.41, 5.74) is 0.768. The minimum Gasteiger partial charge on any atom is -0.340 e. The van der Waals surface area contributed by atoms with E-state index in [4.69, 9.17) is 0 Å². The number of likely N-dealkylation sites (N-methyl/N-ethyl adjacent to an activating group) is 1. The van der Waals surface area contributed by atoms with E-state index in [9.17, 15) is 4.79 Å². The van der Waals surface area contributed by atoms with Gasteiger partial charge >= 0.3 is 0 Å². The number of carbonyl (C=O) groups is 1. The number of carbonyl (C=O) groups excluding carboxylic acids is 1. The number of fused-ring (bicyclic) bond motifs is 1. The molecule has 3 heteroatoms. The van der Waals surface area contributed by atoms with E-state index in [2.05, 4.69) is 11.4 Å². The third-order valence-electron chi connectivity index (χ3n) is 4.00. The summed E-state index contributed by atoms with van der Waals surface area (Å²) in [5.74, 6) is 0.101.